The van der Waals surface area contributed by atoms with Crippen LogP contribution >= 0.6 is 0 Å². The van der Waals surface area contributed by atoms with E-state index in [1.54, 1.807) is 18.2 Å². The van der Waals surface area contributed by atoms with Gasteiger partial charge in [0.1, 0.15) is 22.1 Å². The van der Waals surface area contributed by atoms with Crippen LogP contribution in [0.5, 0.6) is 0 Å². The summed E-state index contributed by atoms with van der Waals surface area (Å²) in [7, 11) is 0. The molecule has 0 radical (unpaired) electrons. The van der Waals surface area contributed by atoms with Gasteiger partial charge < -0.3 is 10.6 Å². The van der Waals surface area contributed by atoms with Gasteiger partial charge in [-0.1, -0.05) is 0 Å². The summed E-state index contributed by atoms with van der Waals surface area (Å²) in [5, 5.41) is 27.1. The first-order chi connectivity index (χ1) is 12.2. The maximum absolute atomic E-state index is 12.2. The molecule has 124 valence electrons. The van der Waals surface area contributed by atoms with Gasteiger partial charge >= 0.3 is 0 Å². The van der Waals surface area contributed by atoms with Crippen LogP contribution in [0.25, 0.3) is 22.1 Å². The lowest BCUT2D eigenvalue weighted by Crippen LogP contribution is -2.10. The minimum Gasteiger partial charge on any atom is -0.359 e. The molecule has 0 aliphatic rings. The second-order valence-electron chi connectivity index (χ2n) is 5.50. The van der Waals surface area contributed by atoms with E-state index in [2.05, 4.69) is 41.5 Å². The first-order valence-electron chi connectivity index (χ1n) is 7.55. The molecule has 25 heavy (non-hydrogen) atoms. The summed E-state index contributed by atoms with van der Waals surface area (Å²) >= 11 is 0. The molecule has 0 atom stereocenters. The Labute approximate surface area is 141 Å². The van der Waals surface area contributed by atoms with Gasteiger partial charge in [-0.05, 0) is 43.3 Å². The minimum atomic E-state index is -0.240. The maximum Gasteiger partial charge on any atom is 0.250 e. The van der Waals surface area contributed by atoms with Gasteiger partial charge in [0.05, 0.1) is 0 Å². The molecule has 0 aliphatic heterocycles. The zero-order valence-corrected chi connectivity index (χ0v) is 13.2. The largest absolute Gasteiger partial charge is 0.359 e. The van der Waals surface area contributed by atoms with Crippen LogP contribution in [0, 0.1) is 0 Å². The van der Waals surface area contributed by atoms with Gasteiger partial charge in [0.2, 0.25) is 5.91 Å². The standard InChI is InChI=1S/C16H14N8O/c1-9(17-10-2-4-12-14(7-10)21-23-19-12)6-16(25)18-11-3-5-13-15(8-11)22-24-20-13/h2-8,17H,1H3,(H,18,25)(H,19,21,23)(H,20,22,24). The fourth-order valence-corrected chi connectivity index (χ4v) is 2.47. The van der Waals surface area contributed by atoms with Gasteiger partial charge in [0.15, 0.2) is 0 Å². The number of rotatable bonds is 4. The number of allylic oxidation sites excluding steroid dienone is 1. The number of nitrogens with zero attached hydrogens (tertiary/aromatic N) is 4. The molecule has 4 N–H and O–H groups in total. The minimum absolute atomic E-state index is 0.240. The van der Waals surface area contributed by atoms with Crippen LogP contribution in [0.15, 0.2) is 48.2 Å². The summed E-state index contributed by atoms with van der Waals surface area (Å²) < 4.78 is 0. The van der Waals surface area contributed by atoms with Crippen molar-refractivity contribution in [3.05, 3.63) is 48.2 Å². The van der Waals surface area contributed by atoms with E-state index in [4.69, 9.17) is 0 Å². The number of aromatic nitrogens is 6. The van der Waals surface area contributed by atoms with Crippen LogP contribution in [-0.2, 0) is 4.79 Å². The molecule has 9 heteroatoms. The lowest BCUT2D eigenvalue weighted by atomic mass is 10.2. The van der Waals surface area contributed by atoms with E-state index in [-0.39, 0.29) is 5.91 Å². The fourth-order valence-electron chi connectivity index (χ4n) is 2.47. The number of anilines is 2. The maximum atomic E-state index is 12.2. The first kappa shape index (κ1) is 14.8. The molecule has 2 aromatic heterocycles. The van der Waals surface area contributed by atoms with Crippen molar-refractivity contribution >= 4 is 39.3 Å². The second-order valence-corrected chi connectivity index (χ2v) is 5.50. The van der Waals surface area contributed by atoms with E-state index in [1.165, 1.54) is 6.08 Å². The van der Waals surface area contributed by atoms with Crippen LogP contribution in [-0.4, -0.2) is 36.7 Å². The highest BCUT2D eigenvalue weighted by molar-refractivity contribution is 6.01. The van der Waals surface area contributed by atoms with Gasteiger partial charge in [-0.3, -0.25) is 4.79 Å². The molecule has 9 nitrogen and oxygen atoms in total. The normalized spacial score (nSPS) is 11.8. The Kier molecular flexibility index (Phi) is 3.58. The highest BCUT2D eigenvalue weighted by Gasteiger charge is 2.04. The van der Waals surface area contributed by atoms with Crippen LogP contribution in [0.4, 0.5) is 11.4 Å². The van der Waals surface area contributed by atoms with E-state index < -0.39 is 0 Å². The number of carbonyl (C=O) groups is 1. The predicted molar refractivity (Wildman–Crippen MR) is 93.8 cm³/mol. The van der Waals surface area contributed by atoms with E-state index in [0.29, 0.717) is 16.9 Å². The van der Waals surface area contributed by atoms with Crippen LogP contribution in [0.1, 0.15) is 6.92 Å². The molecular formula is C16H14N8O. The topological polar surface area (TPSA) is 124 Å². The highest BCUT2D eigenvalue weighted by atomic mass is 16.1. The lowest BCUT2D eigenvalue weighted by Gasteiger charge is -2.07. The van der Waals surface area contributed by atoms with Crippen LogP contribution in [0.2, 0.25) is 0 Å². The van der Waals surface area contributed by atoms with Gasteiger partial charge in [-0.2, -0.15) is 30.8 Å². The third kappa shape index (κ3) is 3.15. The molecule has 0 fully saturated rings. The van der Waals surface area contributed by atoms with Gasteiger partial charge in [0.25, 0.3) is 0 Å². The molecule has 0 saturated heterocycles. The van der Waals surface area contributed by atoms with Crippen molar-refractivity contribution in [1.29, 1.82) is 0 Å². The fraction of sp³-hybridized carbons (Fsp3) is 0.0625. The highest BCUT2D eigenvalue weighted by Crippen LogP contribution is 2.17. The summed E-state index contributed by atoms with van der Waals surface area (Å²) in [6, 6.07) is 10.9. The summed E-state index contributed by atoms with van der Waals surface area (Å²) in [6.07, 6.45) is 1.49. The molecule has 0 bridgehead atoms. The Morgan fingerprint density at radius 3 is 1.96 bits per heavy atom. The first-order valence-corrected chi connectivity index (χ1v) is 7.55. The smallest absolute Gasteiger partial charge is 0.250 e. The summed E-state index contributed by atoms with van der Waals surface area (Å²) in [4.78, 5) is 12.2. The molecule has 2 heterocycles. The Hall–Kier alpha value is -3.75. The number of amides is 1. The second kappa shape index (κ2) is 6.04. The Bertz CT molecular complexity index is 1090. The number of benzene rings is 2. The predicted octanol–water partition coefficient (Wildman–Crippen LogP) is 2.18. The zero-order chi connectivity index (χ0) is 17.2. The zero-order valence-electron chi connectivity index (χ0n) is 13.2. The molecule has 2 aromatic carbocycles. The Balaban J connectivity index is 1.45. The molecular weight excluding hydrogens is 320 g/mol. The number of hydrogen-bond acceptors (Lipinski definition) is 6. The van der Waals surface area contributed by atoms with Crippen molar-refractivity contribution < 1.29 is 4.79 Å². The number of carbonyl (C=O) groups excluding carboxylic acids is 1. The number of aromatic amines is 2. The lowest BCUT2D eigenvalue weighted by molar-refractivity contribution is -0.111. The van der Waals surface area contributed by atoms with Gasteiger partial charge in [-0.25, -0.2) is 0 Å². The van der Waals surface area contributed by atoms with Crippen LogP contribution in [0.3, 0.4) is 0 Å². The van der Waals surface area contributed by atoms with Crippen molar-refractivity contribution in [1.82, 2.24) is 30.8 Å². The van der Waals surface area contributed by atoms with Crippen molar-refractivity contribution in [2.45, 2.75) is 6.92 Å². The van der Waals surface area contributed by atoms with E-state index in [1.807, 2.05) is 25.1 Å². The molecule has 0 saturated carbocycles. The SMILES string of the molecule is CC(=CC(=O)Nc1ccc2n[nH]nc2c1)Nc1ccc2n[nH]nc2c1. The molecule has 1 amide bonds. The van der Waals surface area contributed by atoms with E-state index in [0.717, 1.165) is 22.2 Å². The molecule has 4 rings (SSSR count). The van der Waals surface area contributed by atoms with Crippen molar-refractivity contribution in [2.75, 3.05) is 10.6 Å². The summed E-state index contributed by atoms with van der Waals surface area (Å²) in [5.41, 5.74) is 5.15. The molecule has 0 spiro atoms. The van der Waals surface area contributed by atoms with Crippen molar-refractivity contribution in [2.24, 2.45) is 0 Å². The number of nitrogens with one attached hydrogen (secondary N) is 4. The molecule has 0 unspecified atom stereocenters. The quantitative estimate of drug-likeness (QED) is 0.424. The van der Waals surface area contributed by atoms with Crippen LogP contribution < -0.4 is 10.6 Å². The number of fused-ring (bicyclic) bond motifs is 2. The Morgan fingerprint density at radius 2 is 1.36 bits per heavy atom. The summed E-state index contributed by atoms with van der Waals surface area (Å²) in [5.74, 6) is -0.240. The van der Waals surface area contributed by atoms with E-state index >= 15 is 0 Å². The van der Waals surface area contributed by atoms with Gasteiger partial charge in [0, 0.05) is 23.1 Å². The average molecular weight is 334 g/mol. The third-order valence-electron chi connectivity index (χ3n) is 3.59. The van der Waals surface area contributed by atoms with Crippen molar-refractivity contribution in [3.8, 4) is 0 Å². The average Bonchev–Trinajstić information content (AvgIpc) is 3.22. The number of hydrogen-bond donors (Lipinski definition) is 4. The number of H-pyrrole nitrogens is 2. The monoisotopic (exact) mass is 334 g/mol. The third-order valence-corrected chi connectivity index (χ3v) is 3.59. The molecule has 0 aliphatic carbocycles. The van der Waals surface area contributed by atoms with Crippen molar-refractivity contribution in [3.63, 3.8) is 0 Å². The molecule has 4 aromatic rings. The van der Waals surface area contributed by atoms with Gasteiger partial charge in [-0.15, -0.1) is 0 Å². The van der Waals surface area contributed by atoms with E-state index in [9.17, 15) is 4.79 Å². The Morgan fingerprint density at radius 1 is 0.840 bits per heavy atom. The summed E-state index contributed by atoms with van der Waals surface area (Å²) in [6.45, 7) is 1.81.